The van der Waals surface area contributed by atoms with Crippen molar-refractivity contribution < 1.29 is 57.0 Å². The van der Waals surface area contributed by atoms with Gasteiger partial charge in [0.15, 0.2) is 0 Å². The molecule has 6 saturated carbocycles. The molecule has 6 aliphatic carbocycles. The zero-order valence-electron chi connectivity index (χ0n) is 76.6. The molecule has 0 aromatic heterocycles. The number of rotatable bonds is 18. The molecule has 0 amide bonds. The van der Waals surface area contributed by atoms with Gasteiger partial charge in [0.05, 0.1) is 34.0 Å². The fourth-order valence-corrected chi connectivity index (χ4v) is 30.1. The monoisotopic (exact) mass is 2050 g/mol. The normalized spacial score (nSPS) is 18.1. The molecule has 1 radical (unpaired) electrons. The van der Waals surface area contributed by atoms with Crippen molar-refractivity contribution in [3.05, 3.63) is 325 Å². The zero-order chi connectivity index (χ0) is 85.6. The summed E-state index contributed by atoms with van der Waals surface area (Å²) in [5.41, 5.74) is 39.2. The van der Waals surface area contributed by atoms with E-state index in [9.17, 15) is 0 Å². The van der Waals surface area contributed by atoms with Crippen molar-refractivity contribution >= 4 is 58.0 Å². The third-order valence-corrected chi connectivity index (χ3v) is 34.9. The van der Waals surface area contributed by atoms with E-state index in [1.807, 2.05) is 128 Å². The molecule has 0 spiro atoms. The first-order valence-electron chi connectivity index (χ1n) is 45.8. The Kier molecular flexibility index (Phi) is 50.3. The molecule has 8 aromatic carbocycles. The quantitative estimate of drug-likeness (QED) is 0.0376. The molecule has 6 fully saturated rings. The first-order chi connectivity index (χ1) is 59.8. The molecule has 18 rings (SSSR count). The number of nitrogens with zero attached hydrogens (tertiary/aromatic N) is 8. The van der Waals surface area contributed by atoms with Crippen LogP contribution in [0.2, 0.25) is 0 Å². The Bertz CT molecular complexity index is 3760. The van der Waals surface area contributed by atoms with E-state index in [2.05, 4.69) is 270 Å². The van der Waals surface area contributed by atoms with E-state index < -0.39 is 0 Å². The number of nitrogens with one attached hydrogen (secondary N) is 4. The van der Waals surface area contributed by atoms with E-state index in [1.165, 1.54) is 95.2 Å². The summed E-state index contributed by atoms with van der Waals surface area (Å²) in [6, 6.07) is 76.4. The van der Waals surface area contributed by atoms with E-state index in [1.54, 1.807) is 210 Å². The molecule has 126 heavy (non-hydrogen) atoms. The summed E-state index contributed by atoms with van der Waals surface area (Å²) >= 11 is 3.44. The van der Waals surface area contributed by atoms with Crippen LogP contribution >= 0.6 is 35.2 Å². The average molecular weight is 2050 g/mol. The Hall–Kier alpha value is -5.61. The van der Waals surface area contributed by atoms with Crippen molar-refractivity contribution in [3.8, 4) is 0 Å². The van der Waals surface area contributed by atoms with Crippen molar-refractivity contribution in [1.29, 1.82) is 0 Å². The topological polar surface area (TPSA) is 74.0 Å². The molecule has 0 bridgehead atoms. The van der Waals surface area contributed by atoms with E-state index in [0.29, 0.717) is 0 Å². The molecule has 0 unspecified atom stereocenters. The molecule has 0 saturated heterocycles. The van der Waals surface area contributed by atoms with Crippen molar-refractivity contribution in [2.75, 3.05) is 28.2 Å². The van der Waals surface area contributed by atoms with Crippen LogP contribution in [-0.4, -0.2) is 102 Å². The number of aryl methyl sites for hydroxylation is 4. The average Bonchev–Trinajstić information content (AvgIpc) is 1.71. The molecule has 0 atom stereocenters. The van der Waals surface area contributed by atoms with Crippen molar-refractivity contribution in [2.24, 2.45) is 0 Å². The molecule has 8 aromatic rings. The maximum atomic E-state index is 4.61. The van der Waals surface area contributed by atoms with Gasteiger partial charge in [-0.05, 0) is 197 Å². The van der Waals surface area contributed by atoms with Crippen LogP contribution in [0.4, 0.5) is 0 Å². The first-order valence-corrected chi connectivity index (χ1v) is 53.9. The van der Waals surface area contributed by atoms with Gasteiger partial charge < -0.3 is 54.9 Å². The van der Waals surface area contributed by atoms with Gasteiger partial charge in [-0.25, -0.2) is 12.1 Å². The predicted molar refractivity (Wildman–Crippen MR) is 532 cm³/mol. The summed E-state index contributed by atoms with van der Waals surface area (Å²) in [6.07, 6.45) is 61.1. The second-order valence-electron chi connectivity index (χ2n) is 35.2. The molecule has 4 heterocycles. The van der Waals surface area contributed by atoms with E-state index in [0.717, 1.165) is 54.5 Å². The van der Waals surface area contributed by atoms with Crippen molar-refractivity contribution in [2.45, 2.75) is 288 Å². The van der Waals surface area contributed by atoms with Crippen LogP contribution in [0.15, 0.2) is 212 Å². The Morgan fingerprint density at radius 3 is 0.706 bits per heavy atom. The summed E-state index contributed by atoms with van der Waals surface area (Å²) in [5, 5.41) is 15.8. The Balaban J connectivity index is 0.000000204. The van der Waals surface area contributed by atoms with Crippen LogP contribution < -0.4 is 22.1 Å². The molecule has 12 nitrogen and oxygen atoms in total. The van der Waals surface area contributed by atoms with Crippen molar-refractivity contribution in [1.82, 2.24) is 62.2 Å². The number of benzene rings is 8. The van der Waals surface area contributed by atoms with Gasteiger partial charge in [-0.3, -0.25) is 5.56 Å². The van der Waals surface area contributed by atoms with Gasteiger partial charge in [0.2, 0.25) is 0 Å². The predicted octanol–water partition coefficient (Wildman–Crippen LogP) is 26.7. The molecule has 689 valence electrons. The number of halogens is 2. The first kappa shape index (κ1) is 107. The second-order valence-corrected chi connectivity index (χ2v) is 42.1. The summed E-state index contributed by atoms with van der Waals surface area (Å²) < 4.78 is 0. The fraction of sp³-hybridized carbons (Fsp3) is 0.458. The van der Waals surface area contributed by atoms with Gasteiger partial charge in [0, 0.05) is 92.6 Å². The van der Waals surface area contributed by atoms with Crippen LogP contribution in [0.3, 0.4) is 0 Å². The van der Waals surface area contributed by atoms with Gasteiger partial charge in [-0.15, -0.1) is 77.3 Å². The van der Waals surface area contributed by atoms with Gasteiger partial charge in [0.1, 0.15) is 0 Å². The van der Waals surface area contributed by atoms with E-state index in [4.69, 9.17) is 0 Å². The van der Waals surface area contributed by atoms with Crippen molar-refractivity contribution in [3.63, 3.8) is 0 Å². The Labute approximate surface area is 811 Å². The van der Waals surface area contributed by atoms with Crippen LogP contribution in [-0.2, 0) is 83.2 Å². The Morgan fingerprint density at radius 2 is 0.500 bits per heavy atom. The third-order valence-electron chi connectivity index (χ3n) is 25.8. The fourth-order valence-electron chi connectivity index (χ4n) is 19.6. The molecule has 4 N–H and O–H groups in total. The minimum absolute atomic E-state index is 0. The number of hydrazine groups is 8. The minimum atomic E-state index is -0.0465. The summed E-state index contributed by atoms with van der Waals surface area (Å²) in [5.74, 6) is 0. The summed E-state index contributed by atoms with van der Waals surface area (Å²) in [4.78, 5) is 0. The van der Waals surface area contributed by atoms with Crippen LogP contribution in [0.1, 0.15) is 267 Å². The molecule has 10 aliphatic rings. The molecule has 19 heteroatoms. The molecular weight excluding hydrogens is 1900 g/mol. The Morgan fingerprint density at radius 1 is 0.302 bits per heavy atom. The standard InChI is InChI=1S/2C18H33P.3C17H18N3.C17H17N3.CH4.2CH3.Ag.2ClH.2Ru.H/c2*1-4-10-16(11-5-1)19(17-12-6-2-7-13-17)18-14-8-3-9-15-18;4*1-14-8-10-16(11-9-14)17-13-20(18-19(17)2)12-15-6-4-3-5-7-15;;;;;;;;;/h2*16-18H,1-15H2;3*3-11,18H,12H2,1-2H3;3-10,18H,12H2,1-2H3;1H4;2*1H3;;2*1H;;;/q;;3*-1;-2;;2*-1;;;;+3;+4;. The summed E-state index contributed by atoms with van der Waals surface area (Å²) in [7, 11) is 17.1. The van der Waals surface area contributed by atoms with Gasteiger partial charge >= 0.3 is 54.0 Å². The van der Waals surface area contributed by atoms with E-state index in [-0.39, 0.29) is 60.5 Å². The maximum absolute atomic E-state index is 4.61. The zero-order valence-corrected chi connectivity index (χ0v) is 85.2. The number of hydrogen-bond donors (Lipinski definition) is 4. The van der Waals surface area contributed by atoms with Crippen LogP contribution in [0.5, 0.6) is 0 Å². The summed E-state index contributed by atoms with van der Waals surface area (Å²) in [6.45, 7) is 11.5. The molecular formula is C107H150AgCl2N12P2Ru2. The van der Waals surface area contributed by atoms with Crippen LogP contribution in [0.25, 0.3) is 22.8 Å². The SMILES string of the molecule is C.C1CCC([PH+](C2CCCCC2)C2CCCCC2)CC1.C1CCC([PH+](C2CCCCC2)C2CCCCC2)CC1.Cc1c[c-]c(C2=[C-]N(Cc3ccccc3)NN2C)cc1.Cc1ccc(C2=[C-]N(Cc3ccccc3)NN2C)cc1.Cc1ccc(C2=[C-]N(Cc3ccccc3)NN2C)cc1.Cc1ccc(C2=[C-]N(Cc3ccccc3)NN2C)cc1.[Ag].[CH3-].[CH3-].[Cl][Ru+3].[Cl][RuH+2]. The molecule has 4 aliphatic heterocycles. The second kappa shape index (κ2) is 59.0. The number of hydrogen-bond acceptors (Lipinski definition) is 12. The van der Waals surface area contributed by atoms with Gasteiger partial charge in [-0.1, -0.05) is 244 Å². The van der Waals surface area contributed by atoms with E-state index >= 15 is 0 Å². The van der Waals surface area contributed by atoms with Gasteiger partial charge in [0.25, 0.3) is 0 Å². The van der Waals surface area contributed by atoms with Gasteiger partial charge in [-0.2, -0.15) is 46.2 Å². The third kappa shape index (κ3) is 34.2. The van der Waals surface area contributed by atoms with Crippen LogP contribution in [0, 0.1) is 73.4 Å².